The fourth-order valence-corrected chi connectivity index (χ4v) is 4.89. The molecule has 36 heavy (non-hydrogen) atoms. The molecule has 0 aliphatic heterocycles. The van der Waals surface area contributed by atoms with Crippen molar-refractivity contribution in [1.29, 1.82) is 0 Å². The zero-order valence-corrected chi connectivity index (χ0v) is 23.0. The Morgan fingerprint density at radius 2 is 1.78 bits per heavy atom. The Morgan fingerprint density at radius 3 is 2.39 bits per heavy atom. The first-order valence-corrected chi connectivity index (χ1v) is 14.2. The maximum atomic E-state index is 14.4. The van der Waals surface area contributed by atoms with Crippen LogP contribution in [0.2, 0.25) is 5.02 Å². The highest BCUT2D eigenvalue weighted by atomic mass is 35.5. The number of carbonyl (C=O) groups excluding carboxylic acids is 2. The Kier molecular flexibility index (Phi) is 10.7. The van der Waals surface area contributed by atoms with E-state index in [-0.39, 0.29) is 43.8 Å². The Hall–Kier alpha value is -2.65. The number of halogens is 2. The van der Waals surface area contributed by atoms with E-state index in [1.165, 1.54) is 15.3 Å². The van der Waals surface area contributed by atoms with E-state index in [2.05, 4.69) is 5.32 Å². The molecule has 2 amide bonds. The van der Waals surface area contributed by atoms with Gasteiger partial charge in [-0.1, -0.05) is 42.8 Å². The first-order chi connectivity index (χ1) is 16.9. The van der Waals surface area contributed by atoms with Crippen LogP contribution in [0.3, 0.4) is 0 Å². The van der Waals surface area contributed by atoms with Crippen LogP contribution in [0.4, 0.5) is 10.1 Å². The van der Waals surface area contributed by atoms with E-state index in [1.54, 1.807) is 50.2 Å². The molecule has 2 rings (SSSR count). The standard InChI is InChI=1S/C26H35ClFN3O4S/c1-6-18(2)29-26(33)20(4)30(17-21-11-7-8-13-23(21)28)25(32)15-10-16-31(36(5,34)35)24-14-9-12-22(27)19(24)3/h7-9,11-14,18,20H,6,10,15-17H2,1-5H3,(H,29,33)/t18-,20-/m1/s1. The third kappa shape index (κ3) is 7.93. The van der Waals surface area contributed by atoms with Crippen LogP contribution in [-0.2, 0) is 26.2 Å². The normalized spacial score (nSPS) is 13.1. The van der Waals surface area contributed by atoms with E-state index in [4.69, 9.17) is 11.6 Å². The molecule has 0 aliphatic carbocycles. The fourth-order valence-electron chi connectivity index (χ4n) is 3.71. The molecular formula is C26H35ClFN3O4S. The number of rotatable bonds is 12. The van der Waals surface area contributed by atoms with Crippen LogP contribution in [0.25, 0.3) is 0 Å². The van der Waals surface area contributed by atoms with Crippen LogP contribution in [0.1, 0.15) is 51.2 Å². The minimum Gasteiger partial charge on any atom is -0.352 e. The molecule has 198 valence electrons. The van der Waals surface area contributed by atoms with Crippen molar-refractivity contribution in [2.24, 2.45) is 0 Å². The highest BCUT2D eigenvalue weighted by Gasteiger charge is 2.28. The van der Waals surface area contributed by atoms with Crippen molar-refractivity contribution >= 4 is 39.1 Å². The van der Waals surface area contributed by atoms with Crippen molar-refractivity contribution in [3.8, 4) is 0 Å². The van der Waals surface area contributed by atoms with Crippen LogP contribution < -0.4 is 9.62 Å². The molecule has 1 N–H and O–H groups in total. The molecule has 0 bridgehead atoms. The molecule has 0 saturated heterocycles. The number of nitrogens with one attached hydrogen (secondary N) is 1. The lowest BCUT2D eigenvalue weighted by atomic mass is 10.1. The third-order valence-electron chi connectivity index (χ3n) is 6.13. The summed E-state index contributed by atoms with van der Waals surface area (Å²) in [6, 6.07) is 10.2. The number of anilines is 1. The smallest absolute Gasteiger partial charge is 0.242 e. The summed E-state index contributed by atoms with van der Waals surface area (Å²) in [4.78, 5) is 27.4. The Morgan fingerprint density at radius 1 is 1.11 bits per heavy atom. The summed E-state index contributed by atoms with van der Waals surface area (Å²) in [7, 11) is -3.64. The van der Waals surface area contributed by atoms with Gasteiger partial charge in [-0.05, 0) is 57.4 Å². The molecule has 0 aliphatic rings. The Labute approximate surface area is 218 Å². The highest BCUT2D eigenvalue weighted by Crippen LogP contribution is 2.28. The van der Waals surface area contributed by atoms with Gasteiger partial charge in [0.05, 0.1) is 11.9 Å². The molecule has 0 heterocycles. The van der Waals surface area contributed by atoms with Gasteiger partial charge in [0, 0.05) is 36.1 Å². The molecule has 0 spiro atoms. The van der Waals surface area contributed by atoms with Crippen molar-refractivity contribution in [3.05, 3.63) is 64.4 Å². The van der Waals surface area contributed by atoms with Crippen molar-refractivity contribution in [2.45, 2.75) is 65.6 Å². The maximum absolute atomic E-state index is 14.4. The molecule has 7 nitrogen and oxygen atoms in total. The van der Waals surface area contributed by atoms with Gasteiger partial charge in [-0.3, -0.25) is 13.9 Å². The second-order valence-corrected chi connectivity index (χ2v) is 11.2. The van der Waals surface area contributed by atoms with Crippen molar-refractivity contribution < 1.29 is 22.4 Å². The number of sulfonamides is 1. The Balaban J connectivity index is 2.22. The van der Waals surface area contributed by atoms with Gasteiger partial charge in [0.1, 0.15) is 11.9 Å². The lowest BCUT2D eigenvalue weighted by Gasteiger charge is -2.30. The zero-order valence-electron chi connectivity index (χ0n) is 21.4. The molecular weight excluding hydrogens is 505 g/mol. The van der Waals surface area contributed by atoms with Gasteiger partial charge in [-0.25, -0.2) is 12.8 Å². The summed E-state index contributed by atoms with van der Waals surface area (Å²) >= 11 is 6.18. The van der Waals surface area contributed by atoms with E-state index in [1.807, 2.05) is 13.8 Å². The van der Waals surface area contributed by atoms with Crippen molar-refractivity contribution in [2.75, 3.05) is 17.1 Å². The second kappa shape index (κ2) is 13.1. The molecule has 0 aromatic heterocycles. The molecule has 2 atom stereocenters. The van der Waals surface area contributed by atoms with E-state index < -0.39 is 21.9 Å². The van der Waals surface area contributed by atoms with Gasteiger partial charge >= 0.3 is 0 Å². The molecule has 0 fully saturated rings. The lowest BCUT2D eigenvalue weighted by Crippen LogP contribution is -2.49. The first kappa shape index (κ1) is 29.6. The molecule has 0 saturated carbocycles. The summed E-state index contributed by atoms with van der Waals surface area (Å²) in [5.74, 6) is -1.17. The molecule has 0 unspecified atom stereocenters. The first-order valence-electron chi connectivity index (χ1n) is 11.9. The van der Waals surface area contributed by atoms with Crippen LogP contribution in [0.5, 0.6) is 0 Å². The summed E-state index contributed by atoms with van der Waals surface area (Å²) in [6.07, 6.45) is 2.00. The number of hydrogen-bond acceptors (Lipinski definition) is 4. The van der Waals surface area contributed by atoms with Gasteiger partial charge in [-0.2, -0.15) is 0 Å². The van der Waals surface area contributed by atoms with Gasteiger partial charge < -0.3 is 10.2 Å². The minimum atomic E-state index is -3.64. The highest BCUT2D eigenvalue weighted by molar-refractivity contribution is 7.92. The van der Waals surface area contributed by atoms with Crippen molar-refractivity contribution in [3.63, 3.8) is 0 Å². The average molecular weight is 540 g/mol. The summed E-state index contributed by atoms with van der Waals surface area (Å²) in [6.45, 7) is 7.11. The molecule has 10 heteroatoms. The van der Waals surface area contributed by atoms with Gasteiger partial charge in [0.15, 0.2) is 0 Å². The second-order valence-electron chi connectivity index (χ2n) is 8.93. The van der Waals surface area contributed by atoms with E-state index >= 15 is 0 Å². The number of amides is 2. The van der Waals surface area contributed by atoms with E-state index in [9.17, 15) is 22.4 Å². The topological polar surface area (TPSA) is 86.8 Å². The number of hydrogen-bond donors (Lipinski definition) is 1. The van der Waals surface area contributed by atoms with Gasteiger partial charge in [-0.15, -0.1) is 0 Å². The number of nitrogens with zero attached hydrogens (tertiary/aromatic N) is 2. The fraction of sp³-hybridized carbons (Fsp3) is 0.462. The van der Waals surface area contributed by atoms with E-state index in [0.29, 0.717) is 21.8 Å². The van der Waals surface area contributed by atoms with Crippen LogP contribution in [0, 0.1) is 12.7 Å². The summed E-state index contributed by atoms with van der Waals surface area (Å²) in [5, 5.41) is 3.30. The number of carbonyl (C=O) groups is 2. The van der Waals surface area contributed by atoms with E-state index in [0.717, 1.165) is 12.7 Å². The summed E-state index contributed by atoms with van der Waals surface area (Å²) in [5.41, 5.74) is 1.36. The average Bonchev–Trinajstić information content (AvgIpc) is 2.82. The molecule has 2 aromatic carbocycles. The predicted molar refractivity (Wildman–Crippen MR) is 142 cm³/mol. The monoisotopic (exact) mass is 539 g/mol. The Bertz CT molecular complexity index is 1180. The molecule has 2 aromatic rings. The maximum Gasteiger partial charge on any atom is 0.242 e. The predicted octanol–water partition coefficient (Wildman–Crippen LogP) is 4.67. The summed E-state index contributed by atoms with van der Waals surface area (Å²) < 4.78 is 40.6. The number of benzene rings is 2. The van der Waals surface area contributed by atoms with Crippen LogP contribution in [0.15, 0.2) is 42.5 Å². The lowest BCUT2D eigenvalue weighted by molar-refractivity contribution is -0.141. The SMILES string of the molecule is CC[C@@H](C)NC(=O)[C@@H](C)N(Cc1ccccc1F)C(=O)CCCN(c1cccc(Cl)c1C)S(C)(=O)=O. The zero-order chi connectivity index (χ0) is 27.0. The molecule has 0 radical (unpaired) electrons. The van der Waals surface area contributed by atoms with Gasteiger partial charge in [0.2, 0.25) is 21.8 Å². The van der Waals surface area contributed by atoms with Crippen molar-refractivity contribution in [1.82, 2.24) is 10.2 Å². The van der Waals surface area contributed by atoms with Crippen LogP contribution >= 0.6 is 11.6 Å². The van der Waals surface area contributed by atoms with Gasteiger partial charge in [0.25, 0.3) is 0 Å². The minimum absolute atomic E-state index is 0.0267. The third-order valence-corrected chi connectivity index (χ3v) is 7.72. The largest absolute Gasteiger partial charge is 0.352 e. The van der Waals surface area contributed by atoms with Crippen LogP contribution in [-0.4, -0.2) is 50.0 Å². The quantitative estimate of drug-likeness (QED) is 0.425.